The van der Waals surface area contributed by atoms with Crippen molar-refractivity contribution in [3.8, 4) is 0 Å². The molecule has 3 rings (SSSR count). The monoisotopic (exact) mass is 406 g/mol. The molecule has 3 aromatic rings. The Morgan fingerprint density at radius 3 is 2.00 bits per heavy atom. The molecule has 0 saturated heterocycles. The Balaban J connectivity index is 1.77. The fourth-order valence-corrected chi connectivity index (χ4v) is 3.22. The number of likely N-dealkylation sites (N-methyl/N-ethyl adjacent to an activating group) is 1. The molecule has 0 aromatic heterocycles. The van der Waals surface area contributed by atoms with E-state index in [-0.39, 0.29) is 11.8 Å². The van der Waals surface area contributed by atoms with Gasteiger partial charge in [0, 0.05) is 30.6 Å². The van der Waals surface area contributed by atoms with Gasteiger partial charge in [-0.3, -0.25) is 9.59 Å². The van der Waals surface area contributed by atoms with E-state index in [0.29, 0.717) is 23.6 Å². The number of amides is 2. The topological polar surface area (TPSA) is 49.4 Å². The number of hydrogen-bond acceptors (Lipinski definition) is 2. The Kier molecular flexibility index (Phi) is 7.04. The zero-order valence-corrected chi connectivity index (χ0v) is 17.0. The van der Waals surface area contributed by atoms with Crippen molar-refractivity contribution in [3.05, 3.63) is 107 Å². The van der Waals surface area contributed by atoms with Crippen molar-refractivity contribution in [1.82, 2.24) is 10.2 Å². The molecular formula is C24H23ClN2O2. The quantitative estimate of drug-likeness (QED) is 0.634. The molecule has 0 heterocycles. The highest BCUT2D eigenvalue weighted by Gasteiger charge is 2.25. The number of nitrogens with zero attached hydrogens (tertiary/aromatic N) is 1. The second-order valence-corrected chi connectivity index (χ2v) is 7.34. The van der Waals surface area contributed by atoms with E-state index < -0.39 is 6.04 Å². The van der Waals surface area contributed by atoms with Crippen LogP contribution in [0, 0.1) is 0 Å². The Morgan fingerprint density at radius 2 is 1.41 bits per heavy atom. The predicted octanol–water partition coefficient (Wildman–Crippen LogP) is 4.34. The molecule has 2 amide bonds. The minimum Gasteiger partial charge on any atom is -0.340 e. The van der Waals surface area contributed by atoms with Crippen molar-refractivity contribution in [2.24, 2.45) is 0 Å². The molecule has 5 heteroatoms. The zero-order valence-electron chi connectivity index (χ0n) is 16.2. The van der Waals surface area contributed by atoms with Crippen LogP contribution in [0.5, 0.6) is 0 Å². The first-order valence-electron chi connectivity index (χ1n) is 9.42. The summed E-state index contributed by atoms with van der Waals surface area (Å²) in [5.41, 5.74) is 2.48. The van der Waals surface area contributed by atoms with Gasteiger partial charge < -0.3 is 10.2 Å². The molecule has 1 N–H and O–H groups in total. The summed E-state index contributed by atoms with van der Waals surface area (Å²) in [5.74, 6) is -0.441. The highest BCUT2D eigenvalue weighted by Crippen LogP contribution is 2.12. The van der Waals surface area contributed by atoms with Crippen LogP contribution < -0.4 is 5.32 Å². The average Bonchev–Trinajstić information content (AvgIpc) is 2.74. The van der Waals surface area contributed by atoms with Crippen LogP contribution in [0.3, 0.4) is 0 Å². The van der Waals surface area contributed by atoms with Gasteiger partial charge in [-0.15, -0.1) is 0 Å². The highest BCUT2D eigenvalue weighted by molar-refractivity contribution is 6.30. The van der Waals surface area contributed by atoms with Crippen LogP contribution >= 0.6 is 11.6 Å². The van der Waals surface area contributed by atoms with Crippen LogP contribution in [0.15, 0.2) is 84.9 Å². The summed E-state index contributed by atoms with van der Waals surface area (Å²) in [6.45, 7) is 0.474. The third-order valence-corrected chi connectivity index (χ3v) is 4.88. The molecule has 0 aliphatic rings. The van der Waals surface area contributed by atoms with E-state index in [9.17, 15) is 9.59 Å². The number of nitrogens with one attached hydrogen (secondary N) is 1. The first-order chi connectivity index (χ1) is 14.0. The maximum absolute atomic E-state index is 13.2. The molecule has 0 radical (unpaired) electrons. The molecule has 0 bridgehead atoms. The number of carbonyl (C=O) groups excluding carboxylic acids is 2. The predicted molar refractivity (Wildman–Crippen MR) is 116 cm³/mol. The SMILES string of the molecule is CN(Cc1ccccc1)C(=O)C(Cc1ccccc1)NC(=O)c1ccc(Cl)cc1. The number of benzene rings is 3. The van der Waals surface area contributed by atoms with Gasteiger partial charge in [0.25, 0.3) is 5.91 Å². The second kappa shape index (κ2) is 9.89. The van der Waals surface area contributed by atoms with Crippen LogP contribution in [0.2, 0.25) is 5.02 Å². The first-order valence-corrected chi connectivity index (χ1v) is 9.80. The van der Waals surface area contributed by atoms with Gasteiger partial charge in [-0.1, -0.05) is 72.3 Å². The highest BCUT2D eigenvalue weighted by atomic mass is 35.5. The molecule has 4 nitrogen and oxygen atoms in total. The molecule has 0 aliphatic heterocycles. The molecule has 1 unspecified atom stereocenters. The smallest absolute Gasteiger partial charge is 0.251 e. The second-order valence-electron chi connectivity index (χ2n) is 6.90. The lowest BCUT2D eigenvalue weighted by molar-refractivity contribution is -0.132. The summed E-state index contributed by atoms with van der Waals surface area (Å²) < 4.78 is 0. The van der Waals surface area contributed by atoms with Gasteiger partial charge >= 0.3 is 0 Å². The minimum absolute atomic E-state index is 0.139. The summed E-state index contributed by atoms with van der Waals surface area (Å²) in [5, 5.41) is 3.45. The number of carbonyl (C=O) groups is 2. The fraction of sp³-hybridized carbons (Fsp3) is 0.167. The molecule has 3 aromatic carbocycles. The van der Waals surface area contributed by atoms with E-state index in [2.05, 4.69) is 5.32 Å². The lowest BCUT2D eigenvalue weighted by Crippen LogP contribution is -2.48. The Hall–Kier alpha value is -3.11. The largest absolute Gasteiger partial charge is 0.340 e. The molecular weight excluding hydrogens is 384 g/mol. The van der Waals surface area contributed by atoms with E-state index in [1.807, 2.05) is 60.7 Å². The number of halogens is 1. The third kappa shape index (κ3) is 5.93. The van der Waals surface area contributed by atoms with Crippen LogP contribution in [-0.2, 0) is 17.8 Å². The van der Waals surface area contributed by atoms with E-state index in [1.165, 1.54) is 0 Å². The van der Waals surface area contributed by atoms with Crippen LogP contribution in [0.1, 0.15) is 21.5 Å². The minimum atomic E-state index is -0.672. The van der Waals surface area contributed by atoms with Gasteiger partial charge in [0.15, 0.2) is 0 Å². The van der Waals surface area contributed by atoms with Crippen molar-refractivity contribution in [1.29, 1.82) is 0 Å². The lowest BCUT2D eigenvalue weighted by atomic mass is 10.0. The number of hydrogen-bond donors (Lipinski definition) is 1. The molecule has 29 heavy (non-hydrogen) atoms. The molecule has 148 valence electrons. The maximum Gasteiger partial charge on any atom is 0.251 e. The average molecular weight is 407 g/mol. The van der Waals surface area contributed by atoms with E-state index in [0.717, 1.165) is 11.1 Å². The van der Waals surface area contributed by atoms with E-state index in [1.54, 1.807) is 36.2 Å². The Bertz CT molecular complexity index is 944. The zero-order chi connectivity index (χ0) is 20.6. The summed E-state index contributed by atoms with van der Waals surface area (Å²) in [6.07, 6.45) is 0.415. The lowest BCUT2D eigenvalue weighted by Gasteiger charge is -2.25. The van der Waals surface area contributed by atoms with Crippen molar-refractivity contribution in [3.63, 3.8) is 0 Å². The van der Waals surface area contributed by atoms with Crippen molar-refractivity contribution < 1.29 is 9.59 Å². The molecule has 1 atom stereocenters. The van der Waals surface area contributed by atoms with Crippen molar-refractivity contribution >= 4 is 23.4 Å². The van der Waals surface area contributed by atoms with E-state index in [4.69, 9.17) is 11.6 Å². The van der Waals surface area contributed by atoms with Crippen molar-refractivity contribution in [2.45, 2.75) is 19.0 Å². The fourth-order valence-electron chi connectivity index (χ4n) is 3.09. The van der Waals surface area contributed by atoms with Crippen LogP contribution in [-0.4, -0.2) is 29.8 Å². The summed E-state index contributed by atoms with van der Waals surface area (Å²) in [4.78, 5) is 27.5. The normalized spacial score (nSPS) is 11.5. The van der Waals surface area contributed by atoms with E-state index >= 15 is 0 Å². The maximum atomic E-state index is 13.2. The Morgan fingerprint density at radius 1 is 0.862 bits per heavy atom. The van der Waals surface area contributed by atoms with Crippen LogP contribution in [0.4, 0.5) is 0 Å². The van der Waals surface area contributed by atoms with Gasteiger partial charge in [0.1, 0.15) is 6.04 Å². The summed E-state index contributed by atoms with van der Waals surface area (Å²) in [6, 6.07) is 25.4. The summed E-state index contributed by atoms with van der Waals surface area (Å²) in [7, 11) is 1.75. The summed E-state index contributed by atoms with van der Waals surface area (Å²) >= 11 is 5.91. The van der Waals surface area contributed by atoms with Gasteiger partial charge in [0.2, 0.25) is 5.91 Å². The molecule has 0 spiro atoms. The Labute approximate surface area is 176 Å². The van der Waals surface area contributed by atoms with Gasteiger partial charge in [-0.05, 0) is 35.4 Å². The molecule has 0 aliphatic carbocycles. The van der Waals surface area contributed by atoms with Gasteiger partial charge in [-0.25, -0.2) is 0 Å². The number of rotatable bonds is 7. The van der Waals surface area contributed by atoms with Crippen molar-refractivity contribution in [2.75, 3.05) is 7.05 Å². The van der Waals surface area contributed by atoms with Gasteiger partial charge in [-0.2, -0.15) is 0 Å². The first kappa shape index (κ1) is 20.6. The third-order valence-electron chi connectivity index (χ3n) is 4.63. The van der Waals surface area contributed by atoms with Crippen LogP contribution in [0.25, 0.3) is 0 Å². The molecule has 0 saturated carbocycles. The standard InChI is InChI=1S/C24H23ClN2O2/c1-27(17-19-10-6-3-7-11-19)24(29)22(16-18-8-4-2-5-9-18)26-23(28)20-12-14-21(25)15-13-20/h2-15,22H,16-17H2,1H3,(H,26,28). The molecule has 0 fully saturated rings. The van der Waals surface area contributed by atoms with Gasteiger partial charge in [0.05, 0.1) is 0 Å².